The summed E-state index contributed by atoms with van der Waals surface area (Å²) in [6, 6.07) is 0. The van der Waals surface area contributed by atoms with Crippen LogP contribution in [0.5, 0.6) is 0 Å². The van der Waals surface area contributed by atoms with Crippen LogP contribution in [0.15, 0.2) is 12.8 Å². The van der Waals surface area contributed by atoms with E-state index in [9.17, 15) is 4.79 Å². The van der Waals surface area contributed by atoms with Gasteiger partial charge in [-0.1, -0.05) is 6.58 Å². The molecular formula is C11H21NO3. The first kappa shape index (κ1) is 14.0. The highest BCUT2D eigenvalue weighted by Crippen LogP contribution is 2.19. The van der Waals surface area contributed by atoms with Gasteiger partial charge in [0.15, 0.2) is 0 Å². The smallest absolute Gasteiger partial charge is 0.416 e. The van der Waals surface area contributed by atoms with Crippen LogP contribution >= 0.6 is 0 Å². The molecule has 0 saturated heterocycles. The molecule has 0 saturated carbocycles. The molecule has 0 heterocycles. The summed E-state index contributed by atoms with van der Waals surface area (Å²) in [5, 5.41) is 0. The van der Waals surface area contributed by atoms with Gasteiger partial charge in [0.2, 0.25) is 0 Å². The largest absolute Gasteiger partial charge is 0.443 e. The normalized spacial score (nSPS) is 12.1. The van der Waals surface area contributed by atoms with E-state index in [1.165, 1.54) is 18.2 Å². The third-order valence-electron chi connectivity index (χ3n) is 1.85. The molecule has 0 atom stereocenters. The van der Waals surface area contributed by atoms with E-state index >= 15 is 0 Å². The first-order valence-electron chi connectivity index (χ1n) is 4.84. The van der Waals surface area contributed by atoms with E-state index < -0.39 is 17.4 Å². The van der Waals surface area contributed by atoms with Crippen molar-refractivity contribution < 1.29 is 14.3 Å². The maximum absolute atomic E-state index is 11.7. The molecule has 0 aromatic carbocycles. The second-order valence-electron chi connectivity index (χ2n) is 4.68. The van der Waals surface area contributed by atoms with E-state index in [0.29, 0.717) is 0 Å². The maximum atomic E-state index is 11.7. The molecule has 15 heavy (non-hydrogen) atoms. The van der Waals surface area contributed by atoms with Gasteiger partial charge in [-0.25, -0.2) is 4.79 Å². The van der Waals surface area contributed by atoms with Gasteiger partial charge in [-0.05, 0) is 34.6 Å². The summed E-state index contributed by atoms with van der Waals surface area (Å²) in [5.41, 5.74) is -1.29. The van der Waals surface area contributed by atoms with Crippen LogP contribution in [0.25, 0.3) is 0 Å². The molecule has 0 aliphatic heterocycles. The Morgan fingerprint density at radius 2 is 1.73 bits per heavy atom. The Morgan fingerprint density at radius 3 is 2.00 bits per heavy atom. The lowest BCUT2D eigenvalue weighted by Crippen LogP contribution is -2.47. The van der Waals surface area contributed by atoms with Crippen molar-refractivity contribution in [2.75, 3.05) is 7.11 Å². The summed E-state index contributed by atoms with van der Waals surface area (Å²) >= 11 is 0. The summed E-state index contributed by atoms with van der Waals surface area (Å²) in [5.74, 6) is 0. The number of hydrogen-bond acceptors (Lipinski definition) is 3. The summed E-state index contributed by atoms with van der Waals surface area (Å²) in [6.07, 6.45) is 0.932. The fourth-order valence-electron chi connectivity index (χ4n) is 0.924. The molecule has 0 spiro atoms. The SMILES string of the molecule is C=CN(C(=O)OC(C)(C)C)C(C)(C)OC. The van der Waals surface area contributed by atoms with Crippen LogP contribution in [0.1, 0.15) is 34.6 Å². The molecule has 0 bridgehead atoms. The number of carbonyl (C=O) groups is 1. The number of amides is 1. The van der Waals surface area contributed by atoms with Gasteiger partial charge in [0.25, 0.3) is 0 Å². The van der Waals surface area contributed by atoms with E-state index in [-0.39, 0.29) is 0 Å². The van der Waals surface area contributed by atoms with Gasteiger partial charge in [0.05, 0.1) is 0 Å². The maximum Gasteiger partial charge on any atom is 0.416 e. The van der Waals surface area contributed by atoms with Gasteiger partial charge >= 0.3 is 6.09 Å². The van der Waals surface area contributed by atoms with Gasteiger partial charge in [-0.15, -0.1) is 0 Å². The average molecular weight is 215 g/mol. The molecule has 0 aromatic heterocycles. The van der Waals surface area contributed by atoms with E-state index in [0.717, 1.165) is 0 Å². The number of methoxy groups -OCH3 is 1. The predicted octanol–water partition coefficient (Wildman–Crippen LogP) is 2.75. The Kier molecular flexibility index (Phi) is 4.34. The molecule has 0 N–H and O–H groups in total. The monoisotopic (exact) mass is 215 g/mol. The number of ether oxygens (including phenoxy) is 2. The molecule has 0 rings (SSSR count). The van der Waals surface area contributed by atoms with Gasteiger partial charge in [-0.3, -0.25) is 4.90 Å². The van der Waals surface area contributed by atoms with Crippen LogP contribution in [0, 0.1) is 0 Å². The fourth-order valence-corrected chi connectivity index (χ4v) is 0.924. The first-order valence-corrected chi connectivity index (χ1v) is 4.84. The lowest BCUT2D eigenvalue weighted by molar-refractivity contribution is -0.0867. The van der Waals surface area contributed by atoms with Crippen molar-refractivity contribution in [1.29, 1.82) is 0 Å². The van der Waals surface area contributed by atoms with Crippen LogP contribution in [0.3, 0.4) is 0 Å². The Morgan fingerprint density at radius 1 is 1.27 bits per heavy atom. The van der Waals surface area contributed by atoms with Gasteiger partial charge in [0.1, 0.15) is 11.3 Å². The zero-order valence-electron chi connectivity index (χ0n) is 10.5. The summed E-state index contributed by atoms with van der Waals surface area (Å²) in [4.78, 5) is 13.1. The van der Waals surface area contributed by atoms with Crippen molar-refractivity contribution in [3.63, 3.8) is 0 Å². The highest BCUT2D eigenvalue weighted by atomic mass is 16.6. The van der Waals surface area contributed by atoms with Crippen molar-refractivity contribution in [1.82, 2.24) is 4.90 Å². The molecule has 0 aliphatic carbocycles. The van der Waals surface area contributed by atoms with E-state index in [4.69, 9.17) is 9.47 Å². The quantitative estimate of drug-likeness (QED) is 0.679. The Hall–Kier alpha value is -1.03. The Balaban J connectivity index is 4.70. The highest BCUT2D eigenvalue weighted by molar-refractivity contribution is 5.70. The third kappa shape index (κ3) is 4.34. The number of hydrogen-bond donors (Lipinski definition) is 0. The first-order chi connectivity index (χ1) is 6.64. The summed E-state index contributed by atoms with van der Waals surface area (Å²) in [6.45, 7) is 12.5. The van der Waals surface area contributed by atoms with E-state index in [2.05, 4.69) is 6.58 Å². The van der Waals surface area contributed by atoms with Gasteiger partial charge in [0, 0.05) is 13.3 Å². The lowest BCUT2D eigenvalue weighted by atomic mass is 10.2. The van der Waals surface area contributed by atoms with Crippen molar-refractivity contribution in [3.8, 4) is 0 Å². The van der Waals surface area contributed by atoms with Crippen molar-refractivity contribution in [2.45, 2.75) is 45.9 Å². The van der Waals surface area contributed by atoms with Crippen LogP contribution in [0.2, 0.25) is 0 Å². The van der Waals surface area contributed by atoms with Crippen LogP contribution in [-0.2, 0) is 9.47 Å². The molecule has 88 valence electrons. The highest BCUT2D eigenvalue weighted by Gasteiger charge is 2.32. The Bertz CT molecular complexity index is 241. The van der Waals surface area contributed by atoms with E-state index in [1.54, 1.807) is 13.8 Å². The third-order valence-corrected chi connectivity index (χ3v) is 1.85. The molecule has 0 radical (unpaired) electrons. The second kappa shape index (κ2) is 4.66. The molecule has 0 fully saturated rings. The lowest BCUT2D eigenvalue weighted by Gasteiger charge is -2.35. The molecule has 0 aliphatic rings. The fraction of sp³-hybridized carbons (Fsp3) is 0.727. The minimum Gasteiger partial charge on any atom is -0.443 e. The zero-order valence-corrected chi connectivity index (χ0v) is 10.5. The molecule has 0 aromatic rings. The van der Waals surface area contributed by atoms with Gasteiger partial charge < -0.3 is 9.47 Å². The van der Waals surface area contributed by atoms with Crippen molar-refractivity contribution in [3.05, 3.63) is 12.8 Å². The number of rotatable bonds is 3. The number of carbonyl (C=O) groups excluding carboxylic acids is 1. The van der Waals surface area contributed by atoms with Crippen LogP contribution in [-0.4, -0.2) is 29.4 Å². The number of nitrogens with zero attached hydrogens (tertiary/aromatic N) is 1. The molecule has 1 amide bonds. The summed E-state index contributed by atoms with van der Waals surface area (Å²) in [7, 11) is 1.53. The second-order valence-corrected chi connectivity index (χ2v) is 4.68. The topological polar surface area (TPSA) is 38.8 Å². The molecule has 0 unspecified atom stereocenters. The van der Waals surface area contributed by atoms with Crippen LogP contribution < -0.4 is 0 Å². The van der Waals surface area contributed by atoms with Gasteiger partial charge in [-0.2, -0.15) is 0 Å². The Labute approximate surface area is 91.8 Å². The average Bonchev–Trinajstić information content (AvgIpc) is 2.01. The molecular weight excluding hydrogens is 194 g/mol. The molecule has 4 nitrogen and oxygen atoms in total. The minimum absolute atomic E-state index is 0.468. The van der Waals surface area contributed by atoms with Crippen LogP contribution in [0.4, 0.5) is 4.79 Å². The minimum atomic E-state index is -0.760. The summed E-state index contributed by atoms with van der Waals surface area (Å²) < 4.78 is 10.4. The predicted molar refractivity (Wildman–Crippen MR) is 59.4 cm³/mol. The van der Waals surface area contributed by atoms with E-state index in [1.807, 2.05) is 20.8 Å². The zero-order chi connectivity index (χ0) is 12.3. The molecule has 4 heteroatoms. The van der Waals surface area contributed by atoms with Crippen molar-refractivity contribution >= 4 is 6.09 Å². The standard InChI is InChI=1S/C11H21NO3/c1-8-12(11(5,6)14-7)9(13)15-10(2,3)4/h8H,1H2,2-7H3. The van der Waals surface area contributed by atoms with Crippen molar-refractivity contribution in [2.24, 2.45) is 0 Å².